The minimum Gasteiger partial charge on any atom is -0.350 e. The first-order valence-corrected chi connectivity index (χ1v) is 9.09. The van der Waals surface area contributed by atoms with Crippen molar-refractivity contribution in [1.82, 2.24) is 4.90 Å². The number of nitrogens with zero attached hydrogens (tertiary/aromatic N) is 1. The molecule has 2 aliphatic heterocycles. The van der Waals surface area contributed by atoms with Crippen LogP contribution in [0.2, 0.25) is 0 Å². The zero-order chi connectivity index (χ0) is 16.3. The summed E-state index contributed by atoms with van der Waals surface area (Å²) in [6, 6.07) is 9.00. The van der Waals surface area contributed by atoms with Gasteiger partial charge in [-0.15, -0.1) is 0 Å². The molecule has 0 spiro atoms. The molecule has 1 aromatic carbocycles. The number of hydrogen-bond donors (Lipinski definition) is 0. The quantitative estimate of drug-likeness (QED) is 0.825. The minimum absolute atomic E-state index is 0.0232. The maximum atomic E-state index is 6.06. The van der Waals surface area contributed by atoms with Gasteiger partial charge in [0.05, 0.1) is 12.7 Å². The number of rotatable bonds is 5. The molecule has 3 nitrogen and oxygen atoms in total. The van der Waals surface area contributed by atoms with E-state index in [0.29, 0.717) is 0 Å². The summed E-state index contributed by atoms with van der Waals surface area (Å²) in [5.41, 5.74) is 2.98. The van der Waals surface area contributed by atoms with Gasteiger partial charge in [0.15, 0.2) is 6.29 Å². The van der Waals surface area contributed by atoms with E-state index in [0.717, 1.165) is 26.0 Å². The molecule has 0 amide bonds. The molecule has 0 aliphatic carbocycles. The van der Waals surface area contributed by atoms with Crippen molar-refractivity contribution < 1.29 is 9.47 Å². The Hall–Kier alpha value is -0.900. The fourth-order valence-electron chi connectivity index (χ4n) is 3.46. The summed E-state index contributed by atoms with van der Waals surface area (Å²) in [6.07, 6.45) is 4.88. The smallest absolute Gasteiger partial charge is 0.158 e. The molecule has 2 aliphatic rings. The summed E-state index contributed by atoms with van der Waals surface area (Å²) in [5, 5.41) is 0. The van der Waals surface area contributed by atoms with Crippen molar-refractivity contribution in [2.45, 2.75) is 64.3 Å². The molecular formula is C20H31NO2. The first-order chi connectivity index (χ1) is 11.0. The van der Waals surface area contributed by atoms with Crippen LogP contribution in [0.1, 0.15) is 51.2 Å². The Morgan fingerprint density at radius 1 is 1.09 bits per heavy atom. The normalized spacial score (nSPS) is 26.0. The predicted molar refractivity (Wildman–Crippen MR) is 93.8 cm³/mol. The molecule has 0 bridgehead atoms. The van der Waals surface area contributed by atoms with Crippen molar-refractivity contribution >= 4 is 0 Å². The van der Waals surface area contributed by atoms with Crippen molar-refractivity contribution in [3.8, 4) is 0 Å². The average Bonchev–Trinajstić information content (AvgIpc) is 3.17. The van der Waals surface area contributed by atoms with E-state index < -0.39 is 0 Å². The summed E-state index contributed by atoms with van der Waals surface area (Å²) < 4.78 is 11.9. The molecule has 1 aromatic rings. The predicted octanol–water partition coefficient (Wildman–Crippen LogP) is 3.75. The highest BCUT2D eigenvalue weighted by Gasteiger charge is 2.28. The lowest BCUT2D eigenvalue weighted by atomic mass is 9.86. The fraction of sp³-hybridized carbons (Fsp3) is 0.700. The monoisotopic (exact) mass is 317 g/mol. The molecule has 3 heteroatoms. The molecule has 0 unspecified atom stereocenters. The van der Waals surface area contributed by atoms with Crippen LogP contribution in [0.3, 0.4) is 0 Å². The van der Waals surface area contributed by atoms with Crippen LogP contribution < -0.4 is 0 Å². The van der Waals surface area contributed by atoms with Crippen LogP contribution in [0, 0.1) is 0 Å². The molecule has 3 rings (SSSR count). The second-order valence-corrected chi connectivity index (χ2v) is 8.01. The van der Waals surface area contributed by atoms with E-state index in [1.165, 1.54) is 37.1 Å². The molecule has 2 atom stereocenters. The van der Waals surface area contributed by atoms with E-state index >= 15 is 0 Å². The second-order valence-electron chi connectivity index (χ2n) is 8.01. The van der Waals surface area contributed by atoms with Gasteiger partial charge in [0.1, 0.15) is 0 Å². The highest BCUT2D eigenvalue weighted by Crippen LogP contribution is 2.23. The standard InChI is InChI=1S/C20H31NO2/c1-20(2,3)17-9-6-16(7-10-17)8-11-19-22-15-18(23-19)14-21-12-4-5-13-21/h6-7,9-10,18-19H,4-5,8,11-15H2,1-3H3/t18-,19+/m0/s1. The van der Waals surface area contributed by atoms with Crippen LogP contribution in [0.5, 0.6) is 0 Å². The molecule has 0 N–H and O–H groups in total. The Balaban J connectivity index is 1.42. The number of likely N-dealkylation sites (tertiary alicyclic amines) is 1. The third-order valence-corrected chi connectivity index (χ3v) is 4.96. The van der Waals surface area contributed by atoms with Crippen LogP contribution in [-0.2, 0) is 21.3 Å². The lowest BCUT2D eigenvalue weighted by Crippen LogP contribution is -2.31. The fourth-order valence-corrected chi connectivity index (χ4v) is 3.46. The second kappa shape index (κ2) is 7.33. The summed E-state index contributed by atoms with van der Waals surface area (Å²) >= 11 is 0. The molecule has 23 heavy (non-hydrogen) atoms. The SMILES string of the molecule is CC(C)(C)c1ccc(CC[C@@H]2OC[C@H](CN3CCCC3)O2)cc1. The molecule has 0 radical (unpaired) electrons. The van der Waals surface area contributed by atoms with Gasteiger partial charge < -0.3 is 14.4 Å². The van der Waals surface area contributed by atoms with Gasteiger partial charge in [-0.25, -0.2) is 0 Å². The van der Waals surface area contributed by atoms with Gasteiger partial charge in [0.25, 0.3) is 0 Å². The topological polar surface area (TPSA) is 21.7 Å². The zero-order valence-electron chi connectivity index (χ0n) is 14.9. The summed E-state index contributed by atoms with van der Waals surface area (Å²) in [5.74, 6) is 0. The van der Waals surface area contributed by atoms with E-state index in [1.807, 2.05) is 0 Å². The van der Waals surface area contributed by atoms with Gasteiger partial charge in [0, 0.05) is 13.0 Å². The lowest BCUT2D eigenvalue weighted by molar-refractivity contribution is -0.0647. The average molecular weight is 317 g/mol. The third kappa shape index (κ3) is 4.79. The van der Waals surface area contributed by atoms with Gasteiger partial charge in [-0.05, 0) is 48.9 Å². The highest BCUT2D eigenvalue weighted by molar-refractivity contribution is 5.27. The Kier molecular flexibility index (Phi) is 5.40. The molecule has 0 aromatic heterocycles. The van der Waals surface area contributed by atoms with Gasteiger partial charge in [0.2, 0.25) is 0 Å². The maximum absolute atomic E-state index is 6.06. The van der Waals surface area contributed by atoms with E-state index in [4.69, 9.17) is 9.47 Å². The van der Waals surface area contributed by atoms with Crippen molar-refractivity contribution in [1.29, 1.82) is 0 Å². The van der Waals surface area contributed by atoms with Crippen LogP contribution in [-0.4, -0.2) is 43.5 Å². The third-order valence-electron chi connectivity index (χ3n) is 4.96. The van der Waals surface area contributed by atoms with Crippen molar-refractivity contribution in [3.05, 3.63) is 35.4 Å². The minimum atomic E-state index is -0.0232. The zero-order valence-corrected chi connectivity index (χ0v) is 14.9. The Morgan fingerprint density at radius 2 is 1.78 bits per heavy atom. The van der Waals surface area contributed by atoms with E-state index in [1.54, 1.807) is 0 Å². The first-order valence-electron chi connectivity index (χ1n) is 9.09. The van der Waals surface area contributed by atoms with Crippen molar-refractivity contribution in [2.75, 3.05) is 26.2 Å². The Bertz CT molecular complexity index is 485. The Morgan fingerprint density at radius 3 is 2.43 bits per heavy atom. The van der Waals surface area contributed by atoms with Gasteiger partial charge >= 0.3 is 0 Å². The molecule has 2 fully saturated rings. The number of ether oxygens (including phenoxy) is 2. The Labute approximate surface area is 141 Å². The molecule has 2 heterocycles. The van der Waals surface area contributed by atoms with Crippen LogP contribution in [0.15, 0.2) is 24.3 Å². The molecule has 128 valence electrons. The maximum Gasteiger partial charge on any atom is 0.158 e. The van der Waals surface area contributed by atoms with Crippen molar-refractivity contribution in [3.63, 3.8) is 0 Å². The van der Waals surface area contributed by atoms with Gasteiger partial charge in [-0.1, -0.05) is 45.0 Å². The number of aryl methyl sites for hydroxylation is 1. The van der Waals surface area contributed by atoms with Crippen LogP contribution >= 0.6 is 0 Å². The van der Waals surface area contributed by atoms with E-state index in [-0.39, 0.29) is 17.8 Å². The largest absolute Gasteiger partial charge is 0.350 e. The summed E-state index contributed by atoms with van der Waals surface area (Å²) in [6.45, 7) is 11.0. The number of hydrogen-bond acceptors (Lipinski definition) is 3. The summed E-state index contributed by atoms with van der Waals surface area (Å²) in [7, 11) is 0. The highest BCUT2D eigenvalue weighted by atomic mass is 16.7. The van der Waals surface area contributed by atoms with Gasteiger partial charge in [-0.3, -0.25) is 0 Å². The summed E-state index contributed by atoms with van der Waals surface area (Å²) in [4.78, 5) is 2.50. The van der Waals surface area contributed by atoms with Crippen molar-refractivity contribution in [2.24, 2.45) is 0 Å². The first kappa shape index (κ1) is 16.9. The van der Waals surface area contributed by atoms with Crippen LogP contribution in [0.25, 0.3) is 0 Å². The molecule has 2 saturated heterocycles. The van der Waals surface area contributed by atoms with E-state index in [2.05, 4.69) is 49.9 Å². The lowest BCUT2D eigenvalue weighted by Gasteiger charge is -2.19. The van der Waals surface area contributed by atoms with Crippen LogP contribution in [0.4, 0.5) is 0 Å². The van der Waals surface area contributed by atoms with Gasteiger partial charge in [-0.2, -0.15) is 0 Å². The molecular weight excluding hydrogens is 286 g/mol. The van der Waals surface area contributed by atoms with E-state index in [9.17, 15) is 0 Å². The molecule has 0 saturated carbocycles. The number of benzene rings is 1.